The second-order valence-electron chi connectivity index (χ2n) is 4.42. The van der Waals surface area contributed by atoms with Gasteiger partial charge in [-0.2, -0.15) is 0 Å². The first kappa shape index (κ1) is 13.3. The van der Waals surface area contributed by atoms with Gasteiger partial charge in [-0.05, 0) is 6.07 Å². The molecular weight excluding hydrogens is 253 g/mol. The number of carbonyl (C=O) groups is 1. The molecule has 0 aliphatic carbocycles. The lowest BCUT2D eigenvalue weighted by Crippen LogP contribution is -2.48. The highest BCUT2D eigenvalue weighted by atomic mass is 19.1. The fraction of sp³-hybridized carbons (Fsp3) is 0.417. The first-order valence-corrected chi connectivity index (χ1v) is 5.93. The van der Waals surface area contributed by atoms with E-state index in [2.05, 4.69) is 0 Å². The lowest BCUT2D eigenvalue weighted by atomic mass is 10.2. The van der Waals surface area contributed by atoms with E-state index >= 15 is 0 Å². The van der Waals surface area contributed by atoms with Crippen molar-refractivity contribution in [3.8, 4) is 0 Å². The van der Waals surface area contributed by atoms with Gasteiger partial charge in [0, 0.05) is 44.9 Å². The van der Waals surface area contributed by atoms with Crippen molar-refractivity contribution in [1.29, 1.82) is 0 Å². The number of anilines is 1. The molecule has 1 heterocycles. The molecule has 2 rings (SSSR count). The zero-order valence-electron chi connectivity index (χ0n) is 10.5. The van der Waals surface area contributed by atoms with Crippen LogP contribution in [0, 0.1) is 15.9 Å². The number of carbonyl (C=O) groups excluding carboxylic acids is 1. The highest BCUT2D eigenvalue weighted by Crippen LogP contribution is 2.24. The van der Waals surface area contributed by atoms with Crippen molar-refractivity contribution < 1.29 is 14.1 Å². The summed E-state index contributed by atoms with van der Waals surface area (Å²) >= 11 is 0. The van der Waals surface area contributed by atoms with E-state index in [-0.39, 0.29) is 11.6 Å². The molecule has 0 bridgehead atoms. The van der Waals surface area contributed by atoms with Crippen LogP contribution in [0.1, 0.15) is 6.92 Å². The summed E-state index contributed by atoms with van der Waals surface area (Å²) in [6.07, 6.45) is 0. The second-order valence-corrected chi connectivity index (χ2v) is 4.42. The molecule has 1 aliphatic rings. The fourth-order valence-corrected chi connectivity index (χ4v) is 2.13. The molecule has 0 spiro atoms. The largest absolute Gasteiger partial charge is 0.368 e. The van der Waals surface area contributed by atoms with E-state index in [9.17, 15) is 19.3 Å². The number of nitro benzene ring substituents is 1. The van der Waals surface area contributed by atoms with E-state index in [0.29, 0.717) is 31.9 Å². The Kier molecular flexibility index (Phi) is 3.64. The van der Waals surface area contributed by atoms with Crippen LogP contribution in [0.3, 0.4) is 0 Å². The van der Waals surface area contributed by atoms with E-state index in [1.54, 1.807) is 4.90 Å². The minimum atomic E-state index is -0.627. The second kappa shape index (κ2) is 5.21. The Morgan fingerprint density at radius 1 is 1.26 bits per heavy atom. The van der Waals surface area contributed by atoms with Crippen molar-refractivity contribution in [1.82, 2.24) is 4.90 Å². The average Bonchev–Trinajstić information content (AvgIpc) is 2.38. The maximum Gasteiger partial charge on any atom is 0.274 e. The molecule has 7 heteroatoms. The summed E-state index contributed by atoms with van der Waals surface area (Å²) in [5.41, 5.74) is 0.221. The van der Waals surface area contributed by atoms with Crippen LogP contribution in [0.2, 0.25) is 0 Å². The molecule has 0 saturated carbocycles. The minimum Gasteiger partial charge on any atom is -0.368 e. The van der Waals surface area contributed by atoms with Gasteiger partial charge in [0.2, 0.25) is 5.91 Å². The number of hydrogen-bond acceptors (Lipinski definition) is 4. The van der Waals surface area contributed by atoms with Gasteiger partial charge in [-0.25, -0.2) is 4.39 Å². The van der Waals surface area contributed by atoms with E-state index in [1.807, 2.05) is 4.90 Å². The number of benzene rings is 1. The van der Waals surface area contributed by atoms with Crippen molar-refractivity contribution in [3.05, 3.63) is 34.1 Å². The number of rotatable bonds is 2. The zero-order valence-corrected chi connectivity index (χ0v) is 10.5. The molecule has 1 aromatic rings. The molecule has 0 aromatic heterocycles. The van der Waals surface area contributed by atoms with Gasteiger partial charge in [0.05, 0.1) is 11.0 Å². The predicted molar refractivity (Wildman–Crippen MR) is 67.5 cm³/mol. The molecule has 0 atom stereocenters. The smallest absolute Gasteiger partial charge is 0.274 e. The molecular formula is C12H14FN3O3. The maximum atomic E-state index is 13.4. The zero-order chi connectivity index (χ0) is 14.0. The molecule has 1 aliphatic heterocycles. The molecule has 1 aromatic carbocycles. The number of piperazine rings is 1. The van der Waals surface area contributed by atoms with Crippen LogP contribution in [-0.4, -0.2) is 41.9 Å². The maximum absolute atomic E-state index is 13.4. The van der Waals surface area contributed by atoms with Crippen molar-refractivity contribution in [2.45, 2.75) is 6.92 Å². The number of amides is 1. The molecule has 1 saturated heterocycles. The van der Waals surface area contributed by atoms with Gasteiger partial charge in [-0.1, -0.05) is 0 Å². The Labute approximate surface area is 109 Å². The van der Waals surface area contributed by atoms with Crippen molar-refractivity contribution in [3.63, 3.8) is 0 Å². The van der Waals surface area contributed by atoms with Crippen molar-refractivity contribution >= 4 is 17.3 Å². The average molecular weight is 267 g/mol. The van der Waals surface area contributed by atoms with Crippen LogP contribution in [-0.2, 0) is 4.79 Å². The Morgan fingerprint density at radius 3 is 2.42 bits per heavy atom. The van der Waals surface area contributed by atoms with Gasteiger partial charge in [-0.3, -0.25) is 14.9 Å². The summed E-state index contributed by atoms with van der Waals surface area (Å²) in [7, 11) is 0. The summed E-state index contributed by atoms with van der Waals surface area (Å²) in [6, 6.07) is 3.53. The van der Waals surface area contributed by atoms with Gasteiger partial charge in [0.1, 0.15) is 5.82 Å². The van der Waals surface area contributed by atoms with Crippen LogP contribution in [0.5, 0.6) is 0 Å². The molecule has 1 fully saturated rings. The van der Waals surface area contributed by atoms with Crippen molar-refractivity contribution in [2.75, 3.05) is 31.1 Å². The Morgan fingerprint density at radius 2 is 1.89 bits per heavy atom. The number of hydrogen-bond donors (Lipinski definition) is 0. The molecule has 0 radical (unpaired) electrons. The third-order valence-corrected chi connectivity index (χ3v) is 3.17. The number of nitro groups is 1. The van der Waals surface area contributed by atoms with Gasteiger partial charge < -0.3 is 9.80 Å². The fourth-order valence-electron chi connectivity index (χ4n) is 2.13. The quantitative estimate of drug-likeness (QED) is 0.600. The third kappa shape index (κ3) is 2.98. The highest BCUT2D eigenvalue weighted by molar-refractivity contribution is 5.73. The molecule has 102 valence electrons. The third-order valence-electron chi connectivity index (χ3n) is 3.17. The summed E-state index contributed by atoms with van der Waals surface area (Å²) in [4.78, 5) is 24.8. The Balaban J connectivity index is 2.15. The number of non-ortho nitro benzene ring substituents is 1. The summed E-state index contributed by atoms with van der Waals surface area (Å²) in [6.45, 7) is 3.67. The molecule has 0 N–H and O–H groups in total. The first-order valence-electron chi connectivity index (χ1n) is 5.93. The number of halogens is 1. The van der Waals surface area contributed by atoms with Crippen LogP contribution < -0.4 is 4.90 Å². The first-order chi connectivity index (χ1) is 8.97. The van der Waals surface area contributed by atoms with Crippen LogP contribution >= 0.6 is 0 Å². The minimum absolute atomic E-state index is 0.00451. The molecule has 19 heavy (non-hydrogen) atoms. The van der Waals surface area contributed by atoms with Gasteiger partial charge in [0.25, 0.3) is 5.69 Å². The standard InChI is InChI=1S/C12H14FN3O3/c1-9(17)14-2-4-15(5-3-14)11-6-10(13)7-12(8-11)16(18)19/h6-8H,2-5H2,1H3. The Hall–Kier alpha value is -2.18. The SMILES string of the molecule is CC(=O)N1CCN(c2cc(F)cc([N+](=O)[O-])c2)CC1. The number of nitrogens with zero attached hydrogens (tertiary/aromatic N) is 3. The van der Waals surface area contributed by atoms with Crippen LogP contribution in [0.4, 0.5) is 15.8 Å². The molecule has 1 amide bonds. The summed E-state index contributed by atoms with van der Waals surface area (Å²) < 4.78 is 13.4. The van der Waals surface area contributed by atoms with Crippen LogP contribution in [0.25, 0.3) is 0 Å². The van der Waals surface area contributed by atoms with E-state index < -0.39 is 10.7 Å². The normalized spacial score (nSPS) is 15.5. The predicted octanol–water partition coefficient (Wildman–Crippen LogP) is 1.40. The van der Waals surface area contributed by atoms with Gasteiger partial charge in [-0.15, -0.1) is 0 Å². The summed E-state index contributed by atoms with van der Waals surface area (Å²) in [5.74, 6) is -0.622. The Bertz CT molecular complexity index is 513. The van der Waals surface area contributed by atoms with Crippen LogP contribution in [0.15, 0.2) is 18.2 Å². The molecule has 6 nitrogen and oxygen atoms in total. The van der Waals surface area contributed by atoms with E-state index in [0.717, 1.165) is 6.07 Å². The monoisotopic (exact) mass is 267 g/mol. The topological polar surface area (TPSA) is 66.7 Å². The lowest BCUT2D eigenvalue weighted by molar-refractivity contribution is -0.385. The summed E-state index contributed by atoms with van der Waals surface area (Å²) in [5, 5.41) is 10.7. The van der Waals surface area contributed by atoms with E-state index in [4.69, 9.17) is 0 Å². The van der Waals surface area contributed by atoms with Gasteiger partial charge >= 0.3 is 0 Å². The van der Waals surface area contributed by atoms with Gasteiger partial charge in [0.15, 0.2) is 0 Å². The highest BCUT2D eigenvalue weighted by Gasteiger charge is 2.21. The lowest BCUT2D eigenvalue weighted by Gasteiger charge is -2.35. The van der Waals surface area contributed by atoms with Crippen molar-refractivity contribution in [2.24, 2.45) is 0 Å². The molecule has 0 unspecified atom stereocenters. The van der Waals surface area contributed by atoms with E-state index in [1.165, 1.54) is 19.1 Å².